The van der Waals surface area contributed by atoms with E-state index < -0.39 is 11.6 Å². The molecule has 0 radical (unpaired) electrons. The van der Waals surface area contributed by atoms with E-state index in [2.05, 4.69) is 0 Å². The maximum atomic E-state index is 12.2. The molecule has 0 aromatic heterocycles. The molecule has 4 aromatic rings. The van der Waals surface area contributed by atoms with Gasteiger partial charge in [0.15, 0.2) is 0 Å². The zero-order valence-electron chi connectivity index (χ0n) is 17.2. The molecule has 0 amide bonds. The first-order valence-corrected chi connectivity index (χ1v) is 10.4. The summed E-state index contributed by atoms with van der Waals surface area (Å²) in [5, 5.41) is 22.4. The van der Waals surface area contributed by atoms with Crippen molar-refractivity contribution in [2.24, 2.45) is 4.99 Å². The third-order valence-electron chi connectivity index (χ3n) is 5.51. The molecule has 4 aromatic carbocycles. The summed E-state index contributed by atoms with van der Waals surface area (Å²) in [7, 11) is 0. The molecule has 0 spiro atoms. The number of hydrogen-bond acceptors (Lipinski definition) is 3. The van der Waals surface area contributed by atoms with Gasteiger partial charge >= 0.3 is 0 Å². The average Bonchev–Trinajstić information content (AvgIpc) is 2.84. The minimum atomic E-state index is -1.35. The summed E-state index contributed by atoms with van der Waals surface area (Å²) >= 11 is 0. The Hall–Kier alpha value is -3.69. The van der Waals surface area contributed by atoms with Crippen molar-refractivity contribution in [3.05, 3.63) is 138 Å². The van der Waals surface area contributed by atoms with Gasteiger partial charge in [0, 0.05) is 11.8 Å². The molecule has 0 heterocycles. The van der Waals surface area contributed by atoms with Crippen molar-refractivity contribution in [1.29, 1.82) is 0 Å². The van der Waals surface area contributed by atoms with E-state index in [0.29, 0.717) is 12.0 Å². The SMILES string of the molecule is Oc1ccccc1C=N[C@@H](Cc1ccccc1)C(O)(c1ccccc1)c1ccccc1. The summed E-state index contributed by atoms with van der Waals surface area (Å²) in [6, 6.07) is 35.9. The maximum absolute atomic E-state index is 12.2. The van der Waals surface area contributed by atoms with Crippen molar-refractivity contribution in [1.82, 2.24) is 0 Å². The lowest BCUT2D eigenvalue weighted by molar-refractivity contribution is 0.0528. The first-order chi connectivity index (χ1) is 15.2. The normalized spacial score (nSPS) is 12.7. The molecule has 0 saturated carbocycles. The Morgan fingerprint density at radius 2 is 1.16 bits per heavy atom. The second-order valence-corrected chi connectivity index (χ2v) is 7.54. The standard InChI is InChI=1S/C28H25NO2/c30-26-19-11-10-14-23(26)21-29-27(20-22-12-4-1-5-13-22)28(31,24-15-6-2-7-16-24)25-17-8-3-9-18-25/h1-19,21,27,30-31H,20H2/t27-/m0/s1. The highest BCUT2D eigenvalue weighted by Gasteiger charge is 2.40. The van der Waals surface area contributed by atoms with Crippen LogP contribution in [-0.2, 0) is 12.0 Å². The zero-order chi connectivity index (χ0) is 21.5. The number of para-hydroxylation sites is 1. The molecule has 0 bridgehead atoms. The zero-order valence-corrected chi connectivity index (χ0v) is 17.2. The van der Waals surface area contributed by atoms with Gasteiger partial charge in [-0.1, -0.05) is 103 Å². The van der Waals surface area contributed by atoms with Gasteiger partial charge in [0.1, 0.15) is 11.4 Å². The lowest BCUT2D eigenvalue weighted by Crippen LogP contribution is -2.41. The molecule has 0 aliphatic rings. The molecule has 0 fully saturated rings. The number of rotatable bonds is 7. The number of hydrogen-bond donors (Lipinski definition) is 2. The first-order valence-electron chi connectivity index (χ1n) is 10.4. The van der Waals surface area contributed by atoms with Crippen LogP contribution in [-0.4, -0.2) is 22.5 Å². The first kappa shape index (κ1) is 20.6. The largest absolute Gasteiger partial charge is 0.507 e. The Labute approximate surface area is 183 Å². The fourth-order valence-corrected chi connectivity index (χ4v) is 3.85. The lowest BCUT2D eigenvalue weighted by atomic mass is 9.78. The number of aliphatic hydroxyl groups is 1. The van der Waals surface area contributed by atoms with Gasteiger partial charge in [-0.2, -0.15) is 0 Å². The van der Waals surface area contributed by atoms with Crippen LogP contribution in [0.15, 0.2) is 120 Å². The maximum Gasteiger partial charge on any atom is 0.137 e. The van der Waals surface area contributed by atoms with Gasteiger partial charge in [-0.25, -0.2) is 0 Å². The van der Waals surface area contributed by atoms with E-state index in [-0.39, 0.29) is 5.75 Å². The third-order valence-corrected chi connectivity index (χ3v) is 5.51. The lowest BCUT2D eigenvalue weighted by Gasteiger charge is -2.35. The number of aliphatic imine (C=N–C) groups is 1. The highest BCUT2D eigenvalue weighted by molar-refractivity contribution is 5.83. The van der Waals surface area contributed by atoms with Crippen LogP contribution in [0.25, 0.3) is 0 Å². The predicted octanol–water partition coefficient (Wildman–Crippen LogP) is 5.36. The van der Waals surface area contributed by atoms with Crippen LogP contribution in [0.5, 0.6) is 5.75 Å². The number of phenolic OH excluding ortho intramolecular Hbond substituents is 1. The molecule has 1 atom stereocenters. The van der Waals surface area contributed by atoms with Crippen LogP contribution in [0.3, 0.4) is 0 Å². The van der Waals surface area contributed by atoms with Crippen molar-refractivity contribution in [2.75, 3.05) is 0 Å². The van der Waals surface area contributed by atoms with Crippen molar-refractivity contribution in [2.45, 2.75) is 18.1 Å². The van der Waals surface area contributed by atoms with Crippen molar-refractivity contribution in [3.63, 3.8) is 0 Å². The van der Waals surface area contributed by atoms with Gasteiger partial charge in [0.25, 0.3) is 0 Å². The van der Waals surface area contributed by atoms with E-state index in [0.717, 1.165) is 16.7 Å². The fourth-order valence-electron chi connectivity index (χ4n) is 3.85. The van der Waals surface area contributed by atoms with Crippen LogP contribution in [0, 0.1) is 0 Å². The Balaban J connectivity index is 1.85. The van der Waals surface area contributed by atoms with E-state index in [9.17, 15) is 10.2 Å². The van der Waals surface area contributed by atoms with Crippen molar-refractivity contribution >= 4 is 6.21 Å². The molecule has 4 rings (SSSR count). The van der Waals surface area contributed by atoms with Crippen LogP contribution in [0.4, 0.5) is 0 Å². The molecule has 3 heteroatoms. The van der Waals surface area contributed by atoms with Crippen LogP contribution in [0.2, 0.25) is 0 Å². The summed E-state index contributed by atoms with van der Waals surface area (Å²) in [4.78, 5) is 4.84. The van der Waals surface area contributed by atoms with Gasteiger partial charge in [0.05, 0.1) is 6.04 Å². The number of nitrogens with zero attached hydrogens (tertiary/aromatic N) is 1. The molecular formula is C28H25NO2. The molecule has 0 aliphatic heterocycles. The fraction of sp³-hybridized carbons (Fsp3) is 0.107. The molecule has 3 nitrogen and oxygen atoms in total. The van der Waals surface area contributed by atoms with Crippen molar-refractivity contribution < 1.29 is 10.2 Å². The van der Waals surface area contributed by atoms with Gasteiger partial charge in [-0.15, -0.1) is 0 Å². The van der Waals surface area contributed by atoms with Gasteiger partial charge < -0.3 is 10.2 Å². The highest BCUT2D eigenvalue weighted by Crippen LogP contribution is 2.36. The molecule has 0 unspecified atom stereocenters. The van der Waals surface area contributed by atoms with E-state index >= 15 is 0 Å². The minimum absolute atomic E-state index is 0.160. The van der Waals surface area contributed by atoms with Gasteiger partial charge in [0.2, 0.25) is 0 Å². The summed E-state index contributed by atoms with van der Waals surface area (Å²) in [6.45, 7) is 0. The average molecular weight is 408 g/mol. The summed E-state index contributed by atoms with van der Waals surface area (Å²) < 4.78 is 0. The quantitative estimate of drug-likeness (QED) is 0.405. The van der Waals surface area contributed by atoms with Crippen LogP contribution in [0.1, 0.15) is 22.3 Å². The van der Waals surface area contributed by atoms with Crippen LogP contribution < -0.4 is 0 Å². The monoisotopic (exact) mass is 407 g/mol. The smallest absolute Gasteiger partial charge is 0.137 e. The Bertz CT molecular complexity index is 1090. The van der Waals surface area contributed by atoms with Crippen LogP contribution >= 0.6 is 0 Å². The summed E-state index contributed by atoms with van der Waals surface area (Å²) in [5.74, 6) is 0.160. The van der Waals surface area contributed by atoms with Gasteiger partial charge in [-0.3, -0.25) is 4.99 Å². The molecule has 0 aliphatic carbocycles. The Kier molecular flexibility index (Phi) is 6.25. The van der Waals surface area contributed by atoms with Crippen molar-refractivity contribution in [3.8, 4) is 5.75 Å². The van der Waals surface area contributed by atoms with E-state index in [4.69, 9.17) is 4.99 Å². The van der Waals surface area contributed by atoms with E-state index in [1.165, 1.54) is 0 Å². The molecular weight excluding hydrogens is 382 g/mol. The molecule has 0 saturated heterocycles. The second-order valence-electron chi connectivity index (χ2n) is 7.54. The third kappa shape index (κ3) is 4.57. The molecule has 2 N–H and O–H groups in total. The second kappa shape index (κ2) is 9.41. The highest BCUT2D eigenvalue weighted by atomic mass is 16.3. The number of phenols is 1. The Morgan fingerprint density at radius 1 is 0.677 bits per heavy atom. The predicted molar refractivity (Wildman–Crippen MR) is 126 cm³/mol. The molecule has 31 heavy (non-hydrogen) atoms. The Morgan fingerprint density at radius 3 is 1.71 bits per heavy atom. The van der Waals surface area contributed by atoms with E-state index in [1.54, 1.807) is 18.3 Å². The van der Waals surface area contributed by atoms with E-state index in [1.807, 2.05) is 103 Å². The topological polar surface area (TPSA) is 52.8 Å². The van der Waals surface area contributed by atoms with Gasteiger partial charge in [-0.05, 0) is 35.2 Å². The molecule has 154 valence electrons. The number of aromatic hydroxyl groups is 1. The number of benzene rings is 4. The minimum Gasteiger partial charge on any atom is -0.507 e. The summed E-state index contributed by atoms with van der Waals surface area (Å²) in [6.07, 6.45) is 2.19. The summed E-state index contributed by atoms with van der Waals surface area (Å²) in [5.41, 5.74) is 1.89.